The summed E-state index contributed by atoms with van der Waals surface area (Å²) in [5, 5.41) is 7.40. The van der Waals surface area contributed by atoms with Gasteiger partial charge in [-0.25, -0.2) is 4.98 Å². The van der Waals surface area contributed by atoms with Crippen molar-refractivity contribution in [1.29, 1.82) is 0 Å². The first-order valence-electron chi connectivity index (χ1n) is 3.48. The van der Waals surface area contributed by atoms with Gasteiger partial charge in [0, 0.05) is 6.42 Å². The van der Waals surface area contributed by atoms with Crippen LogP contribution < -0.4 is 0 Å². The molecular weight excluding hydrogens is 126 g/mol. The summed E-state index contributed by atoms with van der Waals surface area (Å²) >= 11 is 0. The van der Waals surface area contributed by atoms with Gasteiger partial charge in [-0.1, -0.05) is 13.3 Å². The van der Waals surface area contributed by atoms with E-state index in [0.29, 0.717) is 0 Å². The Morgan fingerprint density at radius 3 is 3.10 bits per heavy atom. The van der Waals surface area contributed by atoms with Crippen LogP contribution in [0.25, 0.3) is 0 Å². The summed E-state index contributed by atoms with van der Waals surface area (Å²) in [4.78, 5) is 3.99. The molecule has 1 radical (unpaired) electrons. The fraction of sp³-hybridized carbons (Fsp3) is 0.571. The van der Waals surface area contributed by atoms with E-state index in [1.807, 2.05) is 0 Å². The van der Waals surface area contributed by atoms with Gasteiger partial charge in [0.25, 0.3) is 0 Å². The van der Waals surface area contributed by atoms with Crippen LogP contribution in [0, 0.1) is 6.20 Å². The van der Waals surface area contributed by atoms with E-state index in [9.17, 15) is 0 Å². The van der Waals surface area contributed by atoms with Crippen LogP contribution in [0.1, 0.15) is 25.6 Å². The number of nitrogens with zero attached hydrogens (tertiary/aromatic N) is 3. The molecule has 0 saturated heterocycles. The van der Waals surface area contributed by atoms with Crippen LogP contribution in [0.2, 0.25) is 0 Å². The number of aryl methyl sites for hydroxylation is 1. The van der Waals surface area contributed by atoms with E-state index in [1.54, 1.807) is 6.20 Å². The predicted octanol–water partition coefficient (Wildman–Crippen LogP) is 1.01. The molecule has 1 aromatic heterocycles. The summed E-state index contributed by atoms with van der Waals surface area (Å²) in [5.41, 5.74) is 0. The quantitative estimate of drug-likeness (QED) is 0.622. The lowest BCUT2D eigenvalue weighted by Gasteiger charge is -1.92. The van der Waals surface area contributed by atoms with Crippen molar-refractivity contribution in [1.82, 2.24) is 15.2 Å². The molecule has 1 aromatic rings. The number of aromatic nitrogens is 3. The second-order valence-electron chi connectivity index (χ2n) is 2.11. The van der Waals surface area contributed by atoms with Gasteiger partial charge in [-0.15, -0.1) is 10.2 Å². The molecule has 3 heteroatoms. The summed E-state index contributed by atoms with van der Waals surface area (Å²) in [6.45, 7) is 2.14. The molecule has 0 spiro atoms. The molecule has 0 unspecified atom stereocenters. The number of unbranched alkanes of at least 4 members (excludes halogenated alkanes) is 1. The van der Waals surface area contributed by atoms with Crippen molar-refractivity contribution in [3.63, 3.8) is 0 Å². The zero-order chi connectivity index (χ0) is 7.23. The van der Waals surface area contributed by atoms with Crippen LogP contribution in [0.4, 0.5) is 0 Å². The highest BCUT2D eigenvalue weighted by Crippen LogP contribution is 1.94. The highest BCUT2D eigenvalue weighted by Gasteiger charge is 1.92. The van der Waals surface area contributed by atoms with Gasteiger partial charge in [0.2, 0.25) is 0 Å². The molecule has 3 nitrogen and oxygen atoms in total. The second-order valence-corrected chi connectivity index (χ2v) is 2.11. The molecule has 53 valence electrons. The SMILES string of the molecule is CCCCc1nc[c]nn1. The Kier molecular flexibility index (Phi) is 2.80. The predicted molar refractivity (Wildman–Crippen MR) is 37.3 cm³/mol. The topological polar surface area (TPSA) is 38.7 Å². The van der Waals surface area contributed by atoms with Gasteiger partial charge in [-0.2, -0.15) is 0 Å². The first-order valence-corrected chi connectivity index (χ1v) is 3.48. The van der Waals surface area contributed by atoms with E-state index in [2.05, 4.69) is 28.3 Å². The number of hydrogen-bond donors (Lipinski definition) is 0. The Bertz CT molecular complexity index is 173. The second kappa shape index (κ2) is 3.93. The van der Waals surface area contributed by atoms with E-state index in [4.69, 9.17) is 0 Å². The summed E-state index contributed by atoms with van der Waals surface area (Å²) in [6.07, 6.45) is 7.32. The Balaban J connectivity index is 2.43. The van der Waals surface area contributed by atoms with Crippen LogP contribution in [0.3, 0.4) is 0 Å². The normalized spacial score (nSPS) is 9.70. The highest BCUT2D eigenvalue weighted by atomic mass is 15.1. The van der Waals surface area contributed by atoms with Crippen LogP contribution in [0.5, 0.6) is 0 Å². The smallest absolute Gasteiger partial charge is 0.150 e. The maximum Gasteiger partial charge on any atom is 0.150 e. The summed E-state index contributed by atoms with van der Waals surface area (Å²) in [7, 11) is 0. The number of hydrogen-bond acceptors (Lipinski definition) is 3. The maximum atomic E-state index is 3.99. The molecule has 1 heterocycles. The van der Waals surface area contributed by atoms with Gasteiger partial charge in [0.15, 0.2) is 5.82 Å². The molecule has 0 aliphatic carbocycles. The van der Waals surface area contributed by atoms with Crippen molar-refractivity contribution in [2.24, 2.45) is 0 Å². The zero-order valence-corrected chi connectivity index (χ0v) is 6.04. The van der Waals surface area contributed by atoms with Crippen molar-refractivity contribution in [2.75, 3.05) is 0 Å². The minimum absolute atomic E-state index is 0.820. The molecule has 0 bridgehead atoms. The molecule has 0 aliphatic rings. The van der Waals surface area contributed by atoms with Crippen LogP contribution >= 0.6 is 0 Å². The van der Waals surface area contributed by atoms with E-state index in [-0.39, 0.29) is 0 Å². The Morgan fingerprint density at radius 2 is 2.50 bits per heavy atom. The maximum absolute atomic E-state index is 3.99. The van der Waals surface area contributed by atoms with Crippen LogP contribution in [-0.2, 0) is 6.42 Å². The van der Waals surface area contributed by atoms with Gasteiger partial charge in [0.1, 0.15) is 6.20 Å². The fourth-order valence-electron chi connectivity index (χ4n) is 0.691. The van der Waals surface area contributed by atoms with Crippen molar-refractivity contribution < 1.29 is 0 Å². The van der Waals surface area contributed by atoms with Crippen LogP contribution in [0.15, 0.2) is 6.20 Å². The van der Waals surface area contributed by atoms with E-state index in [0.717, 1.165) is 18.7 Å². The van der Waals surface area contributed by atoms with Crippen molar-refractivity contribution in [2.45, 2.75) is 26.2 Å². The fourth-order valence-corrected chi connectivity index (χ4v) is 0.691. The Hall–Kier alpha value is -0.990. The summed E-state index contributed by atoms with van der Waals surface area (Å²) < 4.78 is 0. The van der Waals surface area contributed by atoms with Crippen molar-refractivity contribution in [3.8, 4) is 0 Å². The minimum Gasteiger partial charge on any atom is -0.237 e. The highest BCUT2D eigenvalue weighted by molar-refractivity contribution is 4.79. The van der Waals surface area contributed by atoms with Gasteiger partial charge in [-0.3, -0.25) is 0 Å². The van der Waals surface area contributed by atoms with Crippen LogP contribution in [-0.4, -0.2) is 15.2 Å². The molecular formula is C7H10N3. The molecule has 1 rings (SSSR count). The molecule has 0 N–H and O–H groups in total. The lowest BCUT2D eigenvalue weighted by atomic mass is 10.2. The molecule has 10 heavy (non-hydrogen) atoms. The van der Waals surface area contributed by atoms with Gasteiger partial charge >= 0.3 is 0 Å². The minimum atomic E-state index is 0.820. The number of rotatable bonds is 3. The average Bonchev–Trinajstić information content (AvgIpc) is 2.03. The summed E-state index contributed by atoms with van der Waals surface area (Å²) in [6, 6.07) is 0. The lowest BCUT2D eigenvalue weighted by Crippen LogP contribution is -1.95. The third-order valence-corrected chi connectivity index (χ3v) is 1.25. The molecule has 0 fully saturated rings. The van der Waals surface area contributed by atoms with E-state index in [1.165, 1.54) is 6.42 Å². The monoisotopic (exact) mass is 136 g/mol. The largest absolute Gasteiger partial charge is 0.237 e. The zero-order valence-electron chi connectivity index (χ0n) is 6.04. The summed E-state index contributed by atoms with van der Waals surface area (Å²) in [5.74, 6) is 0.820. The first-order chi connectivity index (χ1) is 4.93. The Morgan fingerprint density at radius 1 is 1.60 bits per heavy atom. The molecule has 0 saturated carbocycles. The molecule has 0 amide bonds. The standard InChI is InChI=1S/C7H10N3/c1-2-3-4-7-8-5-6-9-10-7/h5H,2-4H2,1H3. The third-order valence-electron chi connectivity index (χ3n) is 1.25. The third kappa shape index (κ3) is 2.09. The van der Waals surface area contributed by atoms with Gasteiger partial charge < -0.3 is 0 Å². The molecule has 0 atom stereocenters. The van der Waals surface area contributed by atoms with E-state index >= 15 is 0 Å². The lowest BCUT2D eigenvalue weighted by molar-refractivity contribution is 0.727. The van der Waals surface area contributed by atoms with Crippen molar-refractivity contribution in [3.05, 3.63) is 18.2 Å². The Labute approximate surface area is 60.5 Å². The van der Waals surface area contributed by atoms with E-state index < -0.39 is 0 Å². The van der Waals surface area contributed by atoms with Gasteiger partial charge in [0.05, 0.1) is 6.20 Å². The average molecular weight is 136 g/mol. The van der Waals surface area contributed by atoms with Crippen molar-refractivity contribution >= 4 is 0 Å². The van der Waals surface area contributed by atoms with Gasteiger partial charge in [-0.05, 0) is 6.42 Å². The molecule has 0 aliphatic heterocycles. The first kappa shape index (κ1) is 7.12. The molecule has 0 aromatic carbocycles.